The second-order valence-corrected chi connectivity index (χ2v) is 6.61. The fourth-order valence-electron chi connectivity index (χ4n) is 1.89. The monoisotopic (exact) mass is 240 g/mol. The molecule has 0 atom stereocenters. The Balaban J connectivity index is 2.20. The van der Waals surface area contributed by atoms with Crippen molar-refractivity contribution in [3.63, 3.8) is 0 Å². The lowest BCUT2D eigenvalue weighted by molar-refractivity contribution is 0.216. The van der Waals surface area contributed by atoms with Gasteiger partial charge in [-0.3, -0.25) is 4.90 Å². The van der Waals surface area contributed by atoms with E-state index in [1.54, 1.807) is 0 Å². The third-order valence-electron chi connectivity index (χ3n) is 3.27. The van der Waals surface area contributed by atoms with Gasteiger partial charge < -0.3 is 5.32 Å². The summed E-state index contributed by atoms with van der Waals surface area (Å²) in [7, 11) is 0. The van der Waals surface area contributed by atoms with Crippen molar-refractivity contribution in [2.45, 2.75) is 37.5 Å². The van der Waals surface area contributed by atoms with Gasteiger partial charge >= 0.3 is 0 Å². The summed E-state index contributed by atoms with van der Waals surface area (Å²) in [5, 5.41) is 3.68. The Bertz CT molecular complexity index is 237. The van der Waals surface area contributed by atoms with Crippen LogP contribution in [0.4, 0.5) is 0 Å². The molecule has 1 aliphatic heterocycles. The van der Waals surface area contributed by atoms with Gasteiger partial charge in [0.25, 0.3) is 0 Å². The quantitative estimate of drug-likeness (QED) is 0.738. The highest BCUT2D eigenvalue weighted by Gasteiger charge is 2.21. The van der Waals surface area contributed by atoms with Crippen molar-refractivity contribution in [3.8, 4) is 12.3 Å². The molecule has 1 fully saturated rings. The number of terminal acetylenes is 1. The molecule has 0 unspecified atom stereocenters. The average molecular weight is 240 g/mol. The average Bonchev–Trinajstić information content (AvgIpc) is 2.29. The predicted octanol–water partition coefficient (Wildman–Crippen LogP) is 1.82. The Kier molecular flexibility index (Phi) is 5.68. The number of nitrogens with zero attached hydrogens (tertiary/aromatic N) is 1. The Hall–Kier alpha value is -0.170. The number of likely N-dealkylation sites (tertiary alicyclic amines) is 1. The van der Waals surface area contributed by atoms with E-state index in [0.717, 1.165) is 26.2 Å². The zero-order valence-electron chi connectivity index (χ0n) is 10.8. The normalized spacial score (nSPS) is 19.6. The summed E-state index contributed by atoms with van der Waals surface area (Å²) in [6, 6.07) is 0.681. The van der Waals surface area contributed by atoms with Crippen molar-refractivity contribution in [3.05, 3.63) is 0 Å². The minimum Gasteiger partial charge on any atom is -0.313 e. The van der Waals surface area contributed by atoms with Crippen LogP contribution in [-0.4, -0.2) is 48.1 Å². The standard InChI is InChI=1S/C13H24N2S/c1-5-8-15-9-6-12(7-10-15)14-11-13(2,3)16-4/h1,12,14H,6-11H2,2-4H3. The topological polar surface area (TPSA) is 15.3 Å². The minimum atomic E-state index is 0.343. The lowest BCUT2D eigenvalue weighted by atomic mass is 10.0. The maximum atomic E-state index is 5.32. The maximum absolute atomic E-state index is 5.32. The van der Waals surface area contributed by atoms with E-state index in [0.29, 0.717) is 10.8 Å². The van der Waals surface area contributed by atoms with Gasteiger partial charge in [0.15, 0.2) is 0 Å². The smallest absolute Gasteiger partial charge is 0.0598 e. The third-order valence-corrected chi connectivity index (χ3v) is 4.52. The molecule has 0 amide bonds. The number of thioether (sulfide) groups is 1. The van der Waals surface area contributed by atoms with E-state index in [1.807, 2.05) is 11.8 Å². The molecule has 1 N–H and O–H groups in total. The van der Waals surface area contributed by atoms with Crippen LogP contribution in [0, 0.1) is 12.3 Å². The zero-order chi connectivity index (χ0) is 12.0. The second-order valence-electron chi connectivity index (χ2n) is 5.10. The van der Waals surface area contributed by atoms with E-state index in [4.69, 9.17) is 6.42 Å². The number of hydrogen-bond acceptors (Lipinski definition) is 3. The molecule has 1 heterocycles. The van der Waals surface area contributed by atoms with Crippen LogP contribution in [0.5, 0.6) is 0 Å². The summed E-state index contributed by atoms with van der Waals surface area (Å²) >= 11 is 1.92. The van der Waals surface area contributed by atoms with E-state index in [9.17, 15) is 0 Å². The molecular weight excluding hydrogens is 216 g/mol. The van der Waals surface area contributed by atoms with Crippen LogP contribution in [0.25, 0.3) is 0 Å². The SMILES string of the molecule is C#CCN1CCC(NCC(C)(C)SC)CC1. The molecule has 0 radical (unpaired) electrons. The van der Waals surface area contributed by atoms with Crippen LogP contribution < -0.4 is 5.32 Å². The van der Waals surface area contributed by atoms with Gasteiger partial charge in [-0.05, 0) is 32.9 Å². The van der Waals surface area contributed by atoms with E-state index in [2.05, 4.69) is 36.2 Å². The first-order valence-electron chi connectivity index (χ1n) is 6.02. The van der Waals surface area contributed by atoms with Crippen molar-refractivity contribution in [2.24, 2.45) is 0 Å². The molecule has 0 bridgehead atoms. The van der Waals surface area contributed by atoms with Crippen LogP contribution in [0.3, 0.4) is 0 Å². The van der Waals surface area contributed by atoms with Crippen molar-refractivity contribution in [1.29, 1.82) is 0 Å². The Morgan fingerprint density at radius 2 is 2.06 bits per heavy atom. The van der Waals surface area contributed by atoms with Crippen LogP contribution in [0.2, 0.25) is 0 Å². The van der Waals surface area contributed by atoms with E-state index >= 15 is 0 Å². The van der Waals surface area contributed by atoms with Crippen molar-refractivity contribution in [1.82, 2.24) is 10.2 Å². The van der Waals surface area contributed by atoms with Gasteiger partial charge in [-0.1, -0.05) is 5.92 Å². The van der Waals surface area contributed by atoms with Gasteiger partial charge in [-0.25, -0.2) is 0 Å². The molecule has 0 aromatic rings. The molecule has 0 aliphatic carbocycles. The first-order chi connectivity index (χ1) is 7.57. The van der Waals surface area contributed by atoms with Gasteiger partial charge in [-0.2, -0.15) is 11.8 Å². The van der Waals surface area contributed by atoms with E-state index in [-0.39, 0.29) is 0 Å². The van der Waals surface area contributed by atoms with Crippen LogP contribution in [0.1, 0.15) is 26.7 Å². The molecule has 92 valence electrons. The number of rotatable bonds is 5. The highest BCUT2D eigenvalue weighted by atomic mass is 32.2. The summed E-state index contributed by atoms with van der Waals surface area (Å²) in [5.74, 6) is 2.72. The third kappa shape index (κ3) is 4.78. The molecule has 0 aromatic carbocycles. The summed E-state index contributed by atoms with van der Waals surface area (Å²) in [6.45, 7) is 8.76. The fourth-order valence-corrected chi connectivity index (χ4v) is 2.11. The summed E-state index contributed by atoms with van der Waals surface area (Å²) in [4.78, 5) is 2.36. The zero-order valence-corrected chi connectivity index (χ0v) is 11.6. The number of nitrogens with one attached hydrogen (secondary N) is 1. The molecule has 1 aliphatic rings. The van der Waals surface area contributed by atoms with Gasteiger partial charge in [0.1, 0.15) is 0 Å². The van der Waals surface area contributed by atoms with Gasteiger partial charge in [0, 0.05) is 30.4 Å². The summed E-state index contributed by atoms with van der Waals surface area (Å²) < 4.78 is 0.343. The Labute approximate surface area is 105 Å². The first kappa shape index (κ1) is 13.9. The molecule has 1 saturated heterocycles. The lowest BCUT2D eigenvalue weighted by Crippen LogP contribution is -2.45. The molecule has 0 saturated carbocycles. The molecule has 1 rings (SSSR count). The molecule has 0 aromatic heterocycles. The predicted molar refractivity (Wildman–Crippen MR) is 73.9 cm³/mol. The minimum absolute atomic E-state index is 0.343. The van der Waals surface area contributed by atoms with Gasteiger partial charge in [0.2, 0.25) is 0 Å². The largest absolute Gasteiger partial charge is 0.313 e. The van der Waals surface area contributed by atoms with Crippen LogP contribution >= 0.6 is 11.8 Å². The van der Waals surface area contributed by atoms with Gasteiger partial charge in [-0.15, -0.1) is 6.42 Å². The van der Waals surface area contributed by atoms with Crippen molar-refractivity contribution >= 4 is 11.8 Å². The second kappa shape index (κ2) is 6.54. The first-order valence-corrected chi connectivity index (χ1v) is 7.24. The van der Waals surface area contributed by atoms with Crippen molar-refractivity contribution < 1.29 is 0 Å². The maximum Gasteiger partial charge on any atom is 0.0598 e. The number of piperidine rings is 1. The Morgan fingerprint density at radius 3 is 2.56 bits per heavy atom. The molecule has 3 heteroatoms. The summed E-state index contributed by atoms with van der Waals surface area (Å²) in [6.07, 6.45) is 9.95. The number of hydrogen-bond donors (Lipinski definition) is 1. The van der Waals surface area contributed by atoms with E-state index < -0.39 is 0 Å². The highest BCUT2D eigenvalue weighted by molar-refractivity contribution is 7.99. The van der Waals surface area contributed by atoms with Crippen molar-refractivity contribution in [2.75, 3.05) is 32.4 Å². The molecule has 16 heavy (non-hydrogen) atoms. The lowest BCUT2D eigenvalue weighted by Gasteiger charge is -2.33. The fraction of sp³-hybridized carbons (Fsp3) is 0.846. The molecule has 0 spiro atoms. The van der Waals surface area contributed by atoms with Crippen LogP contribution in [-0.2, 0) is 0 Å². The Morgan fingerprint density at radius 1 is 1.44 bits per heavy atom. The highest BCUT2D eigenvalue weighted by Crippen LogP contribution is 2.20. The molecular formula is C13H24N2S. The summed E-state index contributed by atoms with van der Waals surface area (Å²) in [5.41, 5.74) is 0. The van der Waals surface area contributed by atoms with Crippen LogP contribution in [0.15, 0.2) is 0 Å². The van der Waals surface area contributed by atoms with Gasteiger partial charge in [0.05, 0.1) is 6.54 Å². The van der Waals surface area contributed by atoms with E-state index in [1.165, 1.54) is 12.8 Å². The molecule has 2 nitrogen and oxygen atoms in total.